The van der Waals surface area contributed by atoms with E-state index in [4.69, 9.17) is 23.8 Å². The number of anilines is 1. The van der Waals surface area contributed by atoms with E-state index in [1.165, 1.54) is 23.9 Å². The minimum Gasteiger partial charge on any atom is -0.342 e. The van der Waals surface area contributed by atoms with E-state index in [0.717, 1.165) is 38.5 Å². The number of thiocarbonyl (C=S) groups is 1. The molecule has 1 aromatic heterocycles. The molecule has 6 rings (SSSR count). The molecule has 1 aliphatic heterocycles. The van der Waals surface area contributed by atoms with Gasteiger partial charge in [0.15, 0.2) is 4.32 Å². The molecule has 0 unspecified atom stereocenters. The van der Waals surface area contributed by atoms with Crippen molar-refractivity contribution in [2.45, 2.75) is 6.54 Å². The molecule has 0 atom stereocenters. The number of fused-ring (bicyclic) bond motifs is 2. The van der Waals surface area contributed by atoms with Crippen LogP contribution in [0.15, 0.2) is 96.0 Å². The Morgan fingerprint density at radius 1 is 0.944 bits per heavy atom. The smallest absolute Gasteiger partial charge is 0.270 e. The molecule has 1 aliphatic rings. The lowest BCUT2D eigenvalue weighted by molar-refractivity contribution is -0.113. The number of hydrogen-bond donors (Lipinski definition) is 0. The Bertz CT molecular complexity index is 1720. The van der Waals surface area contributed by atoms with Crippen LogP contribution in [0.4, 0.5) is 10.1 Å². The summed E-state index contributed by atoms with van der Waals surface area (Å²) in [5, 5.41) is 3.41. The first-order valence-electron chi connectivity index (χ1n) is 11.3. The fourth-order valence-electron chi connectivity index (χ4n) is 4.57. The van der Waals surface area contributed by atoms with E-state index in [-0.39, 0.29) is 11.7 Å². The number of carbonyl (C=O) groups excluding carboxylic acids is 1. The van der Waals surface area contributed by atoms with Crippen LogP contribution in [-0.2, 0) is 11.3 Å². The Morgan fingerprint density at radius 2 is 1.69 bits per heavy atom. The van der Waals surface area contributed by atoms with Crippen LogP contribution in [0.2, 0.25) is 5.02 Å². The van der Waals surface area contributed by atoms with Crippen LogP contribution in [0, 0.1) is 5.82 Å². The van der Waals surface area contributed by atoms with Gasteiger partial charge in [0, 0.05) is 39.6 Å². The second-order valence-electron chi connectivity index (χ2n) is 8.48. The zero-order chi connectivity index (χ0) is 24.8. The summed E-state index contributed by atoms with van der Waals surface area (Å²) in [6, 6.07) is 26.3. The third kappa shape index (κ3) is 4.01. The molecule has 0 spiro atoms. The summed E-state index contributed by atoms with van der Waals surface area (Å²) < 4.78 is 16.1. The summed E-state index contributed by atoms with van der Waals surface area (Å²) in [7, 11) is 0. The third-order valence-electron chi connectivity index (χ3n) is 6.26. The summed E-state index contributed by atoms with van der Waals surface area (Å²) >= 11 is 13.2. The average Bonchev–Trinajstić information content (AvgIpc) is 3.36. The molecule has 1 amide bonds. The molecular formula is C29H18ClFN2OS2. The molecule has 0 radical (unpaired) electrons. The van der Waals surface area contributed by atoms with Crippen molar-refractivity contribution < 1.29 is 9.18 Å². The maximum Gasteiger partial charge on any atom is 0.270 e. The zero-order valence-corrected chi connectivity index (χ0v) is 21.2. The van der Waals surface area contributed by atoms with Crippen molar-refractivity contribution in [3.8, 4) is 0 Å². The van der Waals surface area contributed by atoms with Gasteiger partial charge in [-0.25, -0.2) is 4.39 Å². The second-order valence-corrected chi connectivity index (χ2v) is 10.6. The van der Waals surface area contributed by atoms with Gasteiger partial charge in [0.2, 0.25) is 0 Å². The van der Waals surface area contributed by atoms with Gasteiger partial charge in [-0.1, -0.05) is 96.2 Å². The molecule has 4 aromatic carbocycles. The van der Waals surface area contributed by atoms with Gasteiger partial charge in [-0.15, -0.1) is 0 Å². The minimum atomic E-state index is -0.366. The van der Waals surface area contributed by atoms with Gasteiger partial charge in [-0.2, -0.15) is 0 Å². The van der Waals surface area contributed by atoms with E-state index in [1.54, 1.807) is 11.0 Å². The average molecular weight is 529 g/mol. The van der Waals surface area contributed by atoms with Crippen LogP contribution in [0.1, 0.15) is 11.1 Å². The second kappa shape index (κ2) is 9.21. The molecule has 0 N–H and O–H groups in total. The van der Waals surface area contributed by atoms with E-state index in [1.807, 2.05) is 79.0 Å². The molecule has 1 fully saturated rings. The number of thioether (sulfide) groups is 1. The number of para-hydroxylation sites is 1. The molecule has 3 nitrogen and oxygen atoms in total. The summed E-state index contributed by atoms with van der Waals surface area (Å²) in [5.74, 6) is -0.505. The number of benzene rings is 4. The predicted octanol–water partition coefficient (Wildman–Crippen LogP) is 8.04. The Morgan fingerprint density at radius 3 is 2.53 bits per heavy atom. The molecular weight excluding hydrogens is 511 g/mol. The molecule has 5 aromatic rings. The fraction of sp³-hybridized carbons (Fsp3) is 0.0345. The number of hydrogen-bond acceptors (Lipinski definition) is 3. The molecule has 2 heterocycles. The molecule has 1 saturated heterocycles. The number of nitrogens with zero attached hydrogens (tertiary/aromatic N) is 2. The Labute approximate surface area is 221 Å². The largest absolute Gasteiger partial charge is 0.342 e. The van der Waals surface area contributed by atoms with E-state index >= 15 is 0 Å². The van der Waals surface area contributed by atoms with Crippen LogP contribution in [0.5, 0.6) is 0 Å². The van der Waals surface area contributed by atoms with E-state index < -0.39 is 0 Å². The molecule has 7 heteroatoms. The lowest BCUT2D eigenvalue weighted by Gasteiger charge is -2.17. The van der Waals surface area contributed by atoms with Crippen molar-refractivity contribution >= 4 is 79.2 Å². The highest BCUT2D eigenvalue weighted by atomic mass is 35.5. The monoisotopic (exact) mass is 528 g/mol. The molecule has 36 heavy (non-hydrogen) atoms. The van der Waals surface area contributed by atoms with Crippen LogP contribution in [0.25, 0.3) is 27.8 Å². The van der Waals surface area contributed by atoms with Gasteiger partial charge in [0.05, 0.1) is 10.6 Å². The summed E-state index contributed by atoms with van der Waals surface area (Å²) in [5.41, 5.74) is 3.50. The van der Waals surface area contributed by atoms with E-state index in [2.05, 4.69) is 4.57 Å². The zero-order valence-electron chi connectivity index (χ0n) is 18.8. The minimum absolute atomic E-state index is 0.139. The van der Waals surface area contributed by atoms with Crippen molar-refractivity contribution in [1.29, 1.82) is 0 Å². The van der Waals surface area contributed by atoms with Gasteiger partial charge in [-0.05, 0) is 41.3 Å². The van der Waals surface area contributed by atoms with E-state index in [0.29, 0.717) is 20.8 Å². The van der Waals surface area contributed by atoms with Crippen molar-refractivity contribution in [3.63, 3.8) is 0 Å². The SMILES string of the molecule is O=C1/C(=C\c2cn(Cc3ccc(F)cc3Cl)c3ccccc23)SC(=S)N1c1cccc2ccccc12. The lowest BCUT2D eigenvalue weighted by Crippen LogP contribution is -2.27. The number of aromatic nitrogens is 1. The Kier molecular flexibility index (Phi) is 5.88. The van der Waals surface area contributed by atoms with Crippen LogP contribution in [0.3, 0.4) is 0 Å². The number of amides is 1. The predicted molar refractivity (Wildman–Crippen MR) is 152 cm³/mol. The van der Waals surface area contributed by atoms with Crippen LogP contribution >= 0.6 is 35.6 Å². The summed E-state index contributed by atoms with van der Waals surface area (Å²) in [6.45, 7) is 0.477. The van der Waals surface area contributed by atoms with Gasteiger partial charge >= 0.3 is 0 Å². The van der Waals surface area contributed by atoms with Gasteiger partial charge in [0.25, 0.3) is 5.91 Å². The number of halogens is 2. The van der Waals surface area contributed by atoms with Gasteiger partial charge in [0.1, 0.15) is 5.82 Å². The van der Waals surface area contributed by atoms with Gasteiger partial charge in [-0.3, -0.25) is 9.69 Å². The fourth-order valence-corrected chi connectivity index (χ4v) is 6.08. The summed E-state index contributed by atoms with van der Waals surface area (Å²) in [6.07, 6.45) is 3.89. The van der Waals surface area contributed by atoms with Crippen molar-refractivity contribution in [2.24, 2.45) is 0 Å². The van der Waals surface area contributed by atoms with E-state index in [9.17, 15) is 9.18 Å². The quantitative estimate of drug-likeness (QED) is 0.174. The standard InChI is InChI=1S/C29H18ClFN2OS2/c30-24-15-21(31)13-12-19(24)16-32-17-20(23-9-3-4-10-25(23)32)14-27-28(34)33(29(35)36-27)26-11-5-7-18-6-1-2-8-22(18)26/h1-15,17H,16H2/b27-14+. The molecule has 0 aliphatic carbocycles. The topological polar surface area (TPSA) is 25.2 Å². The third-order valence-corrected chi connectivity index (χ3v) is 7.92. The van der Waals surface area contributed by atoms with Gasteiger partial charge < -0.3 is 4.57 Å². The maximum atomic E-state index is 13.6. The first kappa shape index (κ1) is 23.0. The Hall–Kier alpha value is -3.45. The first-order valence-corrected chi connectivity index (χ1v) is 12.9. The Balaban J connectivity index is 1.40. The number of rotatable bonds is 4. The molecule has 176 valence electrons. The normalized spacial score (nSPS) is 15.1. The van der Waals surface area contributed by atoms with Crippen molar-refractivity contribution in [2.75, 3.05) is 4.90 Å². The number of carbonyl (C=O) groups is 1. The van der Waals surface area contributed by atoms with Crippen molar-refractivity contribution in [1.82, 2.24) is 4.57 Å². The molecule has 0 bridgehead atoms. The highest BCUT2D eigenvalue weighted by molar-refractivity contribution is 8.27. The first-order chi connectivity index (χ1) is 17.5. The van der Waals surface area contributed by atoms with Crippen LogP contribution in [-0.4, -0.2) is 14.8 Å². The highest BCUT2D eigenvalue weighted by Crippen LogP contribution is 2.39. The highest BCUT2D eigenvalue weighted by Gasteiger charge is 2.34. The van der Waals surface area contributed by atoms with Crippen LogP contribution < -0.4 is 4.90 Å². The maximum absolute atomic E-state index is 13.6. The lowest BCUT2D eigenvalue weighted by atomic mass is 10.1. The van der Waals surface area contributed by atoms with Crippen molar-refractivity contribution in [3.05, 3.63) is 118 Å². The summed E-state index contributed by atoms with van der Waals surface area (Å²) in [4.78, 5) is 15.7. The molecule has 0 saturated carbocycles.